The van der Waals surface area contributed by atoms with Crippen LogP contribution in [0.15, 0.2) is 60.7 Å². The number of nitrogens with one attached hydrogen (secondary N) is 2. The zero-order valence-electron chi connectivity index (χ0n) is 22.9. The van der Waals surface area contributed by atoms with Crippen LogP contribution in [-0.4, -0.2) is 73.3 Å². The summed E-state index contributed by atoms with van der Waals surface area (Å²) in [5, 5.41) is 9.66. The minimum Gasteiger partial charge on any atom is -0.454 e. The number of carbonyl (C=O) groups excluding carboxylic acids is 1. The van der Waals surface area contributed by atoms with Gasteiger partial charge in [-0.05, 0) is 85.4 Å². The molecule has 0 bridgehead atoms. The molecule has 3 heterocycles. The third-order valence-corrected chi connectivity index (χ3v) is 8.56. The first-order valence-corrected chi connectivity index (χ1v) is 14.5. The molecule has 7 heteroatoms. The lowest BCUT2D eigenvalue weighted by Crippen LogP contribution is -2.46. The molecule has 2 N–H and O–H groups in total. The minimum atomic E-state index is -0.138. The zero-order valence-corrected chi connectivity index (χ0v) is 22.9. The van der Waals surface area contributed by atoms with Crippen LogP contribution in [0, 0.1) is 0 Å². The number of rotatable bonds is 9. The monoisotopic (exact) mass is 528 g/mol. The average Bonchev–Trinajstić information content (AvgIpc) is 3.60. The summed E-state index contributed by atoms with van der Waals surface area (Å²) < 4.78 is 10.9. The Hall–Kier alpha value is -3.13. The second-order valence-electron chi connectivity index (χ2n) is 11.2. The SMILES string of the molecule is CCN1CCC(N[C@@H]2C[C@@H](C(=O)NCCc3ccc4c(c3)OCO4)N(Cc3ccc4ccccc4c3)C2)CC1. The fraction of sp³-hybridized carbons (Fsp3) is 0.469. The first-order chi connectivity index (χ1) is 19.1. The molecular formula is C32H40N4O3. The number of nitrogens with zero attached hydrogens (tertiary/aromatic N) is 2. The van der Waals surface area contributed by atoms with Gasteiger partial charge in [-0.15, -0.1) is 0 Å². The van der Waals surface area contributed by atoms with Gasteiger partial charge in [-0.1, -0.05) is 49.4 Å². The van der Waals surface area contributed by atoms with Crippen LogP contribution in [0.2, 0.25) is 0 Å². The Kier molecular flexibility index (Phi) is 8.00. The molecule has 0 aromatic heterocycles. The Bertz CT molecular complexity index is 1290. The summed E-state index contributed by atoms with van der Waals surface area (Å²) in [4.78, 5) is 18.4. The third-order valence-electron chi connectivity index (χ3n) is 8.56. The van der Waals surface area contributed by atoms with Gasteiger partial charge in [-0.25, -0.2) is 0 Å². The largest absolute Gasteiger partial charge is 0.454 e. The number of amides is 1. The molecule has 6 rings (SSSR count). The van der Waals surface area contributed by atoms with E-state index in [9.17, 15) is 4.79 Å². The highest BCUT2D eigenvalue weighted by Crippen LogP contribution is 2.32. The van der Waals surface area contributed by atoms with Crippen molar-refractivity contribution in [2.45, 2.75) is 57.3 Å². The number of carbonyl (C=O) groups is 1. The van der Waals surface area contributed by atoms with E-state index in [1.807, 2.05) is 18.2 Å². The van der Waals surface area contributed by atoms with E-state index in [0.29, 0.717) is 18.6 Å². The Balaban J connectivity index is 1.10. The van der Waals surface area contributed by atoms with Crippen LogP contribution >= 0.6 is 0 Å². The van der Waals surface area contributed by atoms with Gasteiger partial charge in [-0.3, -0.25) is 9.69 Å². The topological polar surface area (TPSA) is 66.1 Å². The number of hydrogen-bond acceptors (Lipinski definition) is 6. The molecule has 2 atom stereocenters. The van der Waals surface area contributed by atoms with Crippen LogP contribution in [0.1, 0.15) is 37.3 Å². The predicted octanol–water partition coefficient (Wildman–Crippen LogP) is 3.94. The molecule has 3 aromatic rings. The van der Waals surface area contributed by atoms with E-state index in [4.69, 9.17) is 9.47 Å². The Morgan fingerprint density at radius 1 is 0.923 bits per heavy atom. The first kappa shape index (κ1) is 26.1. The fourth-order valence-electron chi connectivity index (χ4n) is 6.34. The number of likely N-dealkylation sites (tertiary alicyclic amines) is 2. The van der Waals surface area contributed by atoms with Gasteiger partial charge in [0, 0.05) is 31.7 Å². The second-order valence-corrected chi connectivity index (χ2v) is 11.2. The van der Waals surface area contributed by atoms with E-state index in [1.165, 1.54) is 29.2 Å². The summed E-state index contributed by atoms with van der Waals surface area (Å²) in [6, 6.07) is 21.9. The number of piperidine rings is 1. The molecule has 0 aliphatic carbocycles. The maximum absolute atomic E-state index is 13.5. The van der Waals surface area contributed by atoms with E-state index < -0.39 is 0 Å². The molecule has 3 aromatic carbocycles. The Morgan fingerprint density at radius 2 is 1.72 bits per heavy atom. The molecule has 0 radical (unpaired) electrons. The van der Waals surface area contributed by atoms with Crippen LogP contribution in [-0.2, 0) is 17.8 Å². The molecular weight excluding hydrogens is 488 g/mol. The summed E-state index contributed by atoms with van der Waals surface area (Å²) in [5.74, 6) is 1.70. The van der Waals surface area contributed by atoms with E-state index in [1.54, 1.807) is 0 Å². The lowest BCUT2D eigenvalue weighted by atomic mass is 10.0. The van der Waals surface area contributed by atoms with Crippen LogP contribution in [0.5, 0.6) is 11.5 Å². The average molecular weight is 529 g/mol. The van der Waals surface area contributed by atoms with Crippen molar-refractivity contribution < 1.29 is 14.3 Å². The molecule has 0 unspecified atom stereocenters. The van der Waals surface area contributed by atoms with Crippen molar-refractivity contribution in [1.82, 2.24) is 20.4 Å². The lowest BCUT2D eigenvalue weighted by molar-refractivity contribution is -0.125. The summed E-state index contributed by atoms with van der Waals surface area (Å²) in [6.45, 7) is 8.23. The highest BCUT2D eigenvalue weighted by molar-refractivity contribution is 5.83. The van der Waals surface area contributed by atoms with Crippen molar-refractivity contribution in [3.63, 3.8) is 0 Å². The summed E-state index contributed by atoms with van der Waals surface area (Å²) in [5.41, 5.74) is 2.39. The van der Waals surface area contributed by atoms with Crippen LogP contribution in [0.4, 0.5) is 0 Å². The minimum absolute atomic E-state index is 0.127. The molecule has 3 aliphatic rings. The maximum atomic E-state index is 13.5. The molecule has 0 spiro atoms. The number of ether oxygens (including phenoxy) is 2. The Morgan fingerprint density at radius 3 is 2.56 bits per heavy atom. The standard InChI is InChI=1S/C32H40N4O3/c1-2-35-15-12-27(13-16-35)34-28-19-29(32(37)33-14-11-23-8-10-30-31(18-23)39-22-38-30)36(21-28)20-24-7-9-25-5-3-4-6-26(25)17-24/h3-10,17-18,27-29,34H,2,11-16,19-22H2,1H3,(H,33,37)/t28-,29+/m1/s1. The summed E-state index contributed by atoms with van der Waals surface area (Å²) in [7, 11) is 0. The van der Waals surface area contributed by atoms with Gasteiger partial charge in [0.15, 0.2) is 11.5 Å². The zero-order chi connectivity index (χ0) is 26.6. The van der Waals surface area contributed by atoms with Crippen LogP contribution in [0.3, 0.4) is 0 Å². The highest BCUT2D eigenvalue weighted by Gasteiger charge is 2.37. The van der Waals surface area contributed by atoms with Crippen molar-refractivity contribution in [2.24, 2.45) is 0 Å². The van der Waals surface area contributed by atoms with E-state index >= 15 is 0 Å². The molecule has 7 nitrogen and oxygen atoms in total. The second kappa shape index (κ2) is 11.9. The smallest absolute Gasteiger partial charge is 0.237 e. The summed E-state index contributed by atoms with van der Waals surface area (Å²) in [6.07, 6.45) is 3.97. The number of fused-ring (bicyclic) bond motifs is 2. The van der Waals surface area contributed by atoms with Gasteiger partial charge in [0.1, 0.15) is 0 Å². The number of hydrogen-bond donors (Lipinski definition) is 2. The van der Waals surface area contributed by atoms with Crippen molar-refractivity contribution >= 4 is 16.7 Å². The normalized spacial score (nSPS) is 22.0. The lowest BCUT2D eigenvalue weighted by Gasteiger charge is -2.33. The van der Waals surface area contributed by atoms with Crippen LogP contribution in [0.25, 0.3) is 10.8 Å². The molecule has 2 fully saturated rings. The van der Waals surface area contributed by atoms with E-state index in [0.717, 1.165) is 62.6 Å². The van der Waals surface area contributed by atoms with Gasteiger partial charge >= 0.3 is 0 Å². The quantitative estimate of drug-likeness (QED) is 0.439. The highest BCUT2D eigenvalue weighted by atomic mass is 16.7. The first-order valence-electron chi connectivity index (χ1n) is 14.5. The molecule has 3 aliphatic heterocycles. The van der Waals surface area contributed by atoms with Gasteiger partial charge < -0.3 is 25.0 Å². The van der Waals surface area contributed by atoms with Gasteiger partial charge in [0.2, 0.25) is 12.7 Å². The number of benzene rings is 3. The van der Waals surface area contributed by atoms with Crippen LogP contribution < -0.4 is 20.1 Å². The molecule has 0 saturated carbocycles. The van der Waals surface area contributed by atoms with Gasteiger partial charge in [0.25, 0.3) is 0 Å². The third kappa shape index (κ3) is 6.21. The molecule has 39 heavy (non-hydrogen) atoms. The van der Waals surface area contributed by atoms with Crippen molar-refractivity contribution in [3.05, 3.63) is 71.8 Å². The predicted molar refractivity (Wildman–Crippen MR) is 154 cm³/mol. The van der Waals surface area contributed by atoms with Crippen molar-refractivity contribution in [3.8, 4) is 11.5 Å². The molecule has 1 amide bonds. The van der Waals surface area contributed by atoms with E-state index in [2.05, 4.69) is 69.8 Å². The molecule has 2 saturated heterocycles. The summed E-state index contributed by atoms with van der Waals surface area (Å²) >= 11 is 0. The molecule has 206 valence electrons. The van der Waals surface area contributed by atoms with Gasteiger partial charge in [0.05, 0.1) is 6.04 Å². The fourth-order valence-corrected chi connectivity index (χ4v) is 6.34. The Labute approximate surface area is 231 Å². The van der Waals surface area contributed by atoms with E-state index in [-0.39, 0.29) is 18.7 Å². The maximum Gasteiger partial charge on any atom is 0.237 e. The van der Waals surface area contributed by atoms with Gasteiger partial charge in [-0.2, -0.15) is 0 Å². The van der Waals surface area contributed by atoms with Crippen molar-refractivity contribution in [2.75, 3.05) is 39.5 Å². The van der Waals surface area contributed by atoms with Crippen molar-refractivity contribution in [1.29, 1.82) is 0 Å².